The maximum atomic E-state index is 11.4. The summed E-state index contributed by atoms with van der Waals surface area (Å²) in [6.45, 7) is 2.09. The number of hydrogen-bond donors (Lipinski definition) is 0. The molecule has 0 aromatic heterocycles. The standard InChI is InChI=1S/C11H16O2S/c1-2-3-9-14(12)10-13-11-7-5-4-6-8-11/h4-8H,2-3,9-10H2,1H3/t14-/m0/s1. The molecule has 0 fully saturated rings. The van der Waals surface area contributed by atoms with Gasteiger partial charge in [0.25, 0.3) is 0 Å². The van der Waals surface area contributed by atoms with E-state index in [1.165, 1.54) is 0 Å². The third-order valence-corrected chi connectivity index (χ3v) is 2.95. The lowest BCUT2D eigenvalue weighted by Gasteiger charge is -2.04. The Kier molecular flexibility index (Phi) is 5.30. The lowest BCUT2D eigenvalue weighted by Crippen LogP contribution is -2.08. The van der Waals surface area contributed by atoms with Gasteiger partial charge in [-0.2, -0.15) is 0 Å². The van der Waals surface area contributed by atoms with Gasteiger partial charge in [-0.05, 0) is 18.6 Å². The molecule has 3 heteroatoms. The number of unbranched alkanes of at least 4 members (excludes halogenated alkanes) is 1. The maximum Gasteiger partial charge on any atom is 0.162 e. The van der Waals surface area contributed by atoms with Crippen molar-refractivity contribution < 1.29 is 8.95 Å². The Bertz CT molecular complexity index is 272. The molecule has 2 nitrogen and oxygen atoms in total. The van der Waals surface area contributed by atoms with E-state index in [1.54, 1.807) is 0 Å². The monoisotopic (exact) mass is 212 g/mol. The average molecular weight is 212 g/mol. The molecule has 0 heterocycles. The van der Waals surface area contributed by atoms with E-state index in [-0.39, 0.29) is 0 Å². The molecule has 14 heavy (non-hydrogen) atoms. The molecule has 0 aliphatic rings. The minimum atomic E-state index is -0.843. The summed E-state index contributed by atoms with van der Waals surface area (Å²) >= 11 is 0. The Morgan fingerprint density at radius 3 is 2.64 bits per heavy atom. The van der Waals surface area contributed by atoms with Crippen molar-refractivity contribution in [1.29, 1.82) is 0 Å². The maximum absolute atomic E-state index is 11.4. The Balaban J connectivity index is 2.24. The molecule has 1 atom stereocenters. The summed E-state index contributed by atoms with van der Waals surface area (Å²) in [4.78, 5) is 0. The van der Waals surface area contributed by atoms with Crippen LogP contribution < -0.4 is 4.74 Å². The van der Waals surface area contributed by atoms with Gasteiger partial charge in [0, 0.05) is 5.75 Å². The van der Waals surface area contributed by atoms with Crippen LogP contribution in [0.3, 0.4) is 0 Å². The molecule has 0 aliphatic heterocycles. The number of hydrogen-bond acceptors (Lipinski definition) is 2. The minimum Gasteiger partial charge on any atom is -0.480 e. The van der Waals surface area contributed by atoms with E-state index in [1.807, 2.05) is 30.3 Å². The molecule has 0 N–H and O–H groups in total. The predicted molar refractivity (Wildman–Crippen MR) is 59.9 cm³/mol. The first-order chi connectivity index (χ1) is 6.83. The minimum absolute atomic E-state index is 0.310. The molecule has 0 unspecified atom stereocenters. The van der Waals surface area contributed by atoms with Crippen molar-refractivity contribution in [3.05, 3.63) is 30.3 Å². The summed E-state index contributed by atoms with van der Waals surface area (Å²) in [7, 11) is -0.843. The van der Waals surface area contributed by atoms with E-state index in [0.29, 0.717) is 5.94 Å². The second-order valence-corrected chi connectivity index (χ2v) is 4.60. The van der Waals surface area contributed by atoms with Crippen LogP contribution in [0.25, 0.3) is 0 Å². The number of rotatable bonds is 6. The fourth-order valence-electron chi connectivity index (χ4n) is 1.01. The van der Waals surface area contributed by atoms with Crippen molar-refractivity contribution in [1.82, 2.24) is 0 Å². The summed E-state index contributed by atoms with van der Waals surface area (Å²) in [5.74, 6) is 1.84. The van der Waals surface area contributed by atoms with E-state index in [0.717, 1.165) is 24.3 Å². The highest BCUT2D eigenvalue weighted by atomic mass is 32.2. The van der Waals surface area contributed by atoms with Crippen molar-refractivity contribution in [3.63, 3.8) is 0 Å². The average Bonchev–Trinajstić information content (AvgIpc) is 2.25. The smallest absolute Gasteiger partial charge is 0.162 e. The van der Waals surface area contributed by atoms with Gasteiger partial charge in [-0.1, -0.05) is 31.5 Å². The Hall–Kier alpha value is -0.830. The summed E-state index contributed by atoms with van der Waals surface area (Å²) in [6, 6.07) is 9.49. The van der Waals surface area contributed by atoms with Crippen LogP contribution in [0, 0.1) is 0 Å². The number of benzene rings is 1. The van der Waals surface area contributed by atoms with Crippen LogP contribution in [0.4, 0.5) is 0 Å². The molecule has 0 aliphatic carbocycles. The number of ether oxygens (including phenoxy) is 1. The molecule has 0 spiro atoms. The highest BCUT2D eigenvalue weighted by Crippen LogP contribution is 2.08. The highest BCUT2D eigenvalue weighted by Gasteiger charge is 1.99. The second-order valence-electron chi connectivity index (χ2n) is 3.07. The zero-order valence-electron chi connectivity index (χ0n) is 8.44. The van der Waals surface area contributed by atoms with Crippen molar-refractivity contribution in [2.45, 2.75) is 19.8 Å². The normalized spacial score (nSPS) is 12.4. The molecule has 0 saturated carbocycles. The summed E-state index contributed by atoms with van der Waals surface area (Å²) in [6.07, 6.45) is 2.09. The topological polar surface area (TPSA) is 26.3 Å². The van der Waals surface area contributed by atoms with Gasteiger partial charge in [-0.15, -0.1) is 0 Å². The van der Waals surface area contributed by atoms with E-state index in [9.17, 15) is 4.21 Å². The van der Waals surface area contributed by atoms with Gasteiger partial charge in [0.15, 0.2) is 5.94 Å². The summed E-state index contributed by atoms with van der Waals surface area (Å²) < 4.78 is 16.7. The third kappa shape index (κ3) is 4.42. The van der Waals surface area contributed by atoms with Crippen LogP contribution in [-0.4, -0.2) is 15.9 Å². The lowest BCUT2D eigenvalue weighted by molar-refractivity contribution is 0.386. The van der Waals surface area contributed by atoms with Crippen LogP contribution in [0.15, 0.2) is 30.3 Å². The summed E-state index contributed by atoms with van der Waals surface area (Å²) in [5, 5.41) is 0. The lowest BCUT2D eigenvalue weighted by atomic mass is 10.3. The van der Waals surface area contributed by atoms with E-state index in [2.05, 4.69) is 6.92 Å². The quantitative estimate of drug-likeness (QED) is 0.724. The Morgan fingerprint density at radius 1 is 1.29 bits per heavy atom. The molecule has 1 rings (SSSR count). The van der Waals surface area contributed by atoms with Gasteiger partial charge in [0.2, 0.25) is 0 Å². The van der Waals surface area contributed by atoms with E-state index >= 15 is 0 Å². The molecular formula is C11H16O2S. The molecule has 0 saturated heterocycles. The van der Waals surface area contributed by atoms with Gasteiger partial charge < -0.3 is 4.74 Å². The Morgan fingerprint density at radius 2 is 2.00 bits per heavy atom. The zero-order chi connectivity index (χ0) is 10.2. The highest BCUT2D eigenvalue weighted by molar-refractivity contribution is 7.84. The van der Waals surface area contributed by atoms with Gasteiger partial charge in [0.1, 0.15) is 5.75 Å². The fourth-order valence-corrected chi connectivity index (χ4v) is 2.01. The van der Waals surface area contributed by atoms with Crippen LogP contribution in [0.5, 0.6) is 5.75 Å². The van der Waals surface area contributed by atoms with Crippen LogP contribution >= 0.6 is 0 Å². The molecule has 1 aromatic carbocycles. The Labute approximate surface area is 87.7 Å². The largest absolute Gasteiger partial charge is 0.480 e. The first kappa shape index (κ1) is 11.2. The van der Waals surface area contributed by atoms with Crippen molar-refractivity contribution >= 4 is 10.8 Å². The molecule has 78 valence electrons. The zero-order valence-corrected chi connectivity index (χ0v) is 9.26. The van der Waals surface area contributed by atoms with Gasteiger partial charge in [0.05, 0.1) is 10.8 Å². The van der Waals surface area contributed by atoms with Crippen molar-refractivity contribution in [2.75, 3.05) is 11.7 Å². The van der Waals surface area contributed by atoms with E-state index < -0.39 is 10.8 Å². The van der Waals surface area contributed by atoms with Crippen molar-refractivity contribution in [2.24, 2.45) is 0 Å². The number of para-hydroxylation sites is 1. The third-order valence-electron chi connectivity index (χ3n) is 1.83. The summed E-state index contributed by atoms with van der Waals surface area (Å²) in [5.41, 5.74) is 0. The van der Waals surface area contributed by atoms with Gasteiger partial charge >= 0.3 is 0 Å². The van der Waals surface area contributed by atoms with Gasteiger partial charge in [-0.3, -0.25) is 4.21 Å². The fraction of sp³-hybridized carbons (Fsp3) is 0.455. The van der Waals surface area contributed by atoms with Crippen LogP contribution in [0.2, 0.25) is 0 Å². The molecular weight excluding hydrogens is 196 g/mol. The first-order valence-corrected chi connectivity index (χ1v) is 6.34. The van der Waals surface area contributed by atoms with E-state index in [4.69, 9.17) is 4.74 Å². The predicted octanol–water partition coefficient (Wildman–Crippen LogP) is 2.57. The molecule has 1 aromatic rings. The SMILES string of the molecule is CCCC[S@](=O)COc1ccccc1. The van der Waals surface area contributed by atoms with Crippen LogP contribution in [0.1, 0.15) is 19.8 Å². The molecule has 0 bridgehead atoms. The molecule has 0 radical (unpaired) electrons. The second kappa shape index (κ2) is 6.60. The first-order valence-electron chi connectivity index (χ1n) is 4.85. The van der Waals surface area contributed by atoms with Gasteiger partial charge in [-0.25, -0.2) is 0 Å². The molecule has 0 amide bonds. The van der Waals surface area contributed by atoms with Crippen LogP contribution in [-0.2, 0) is 10.8 Å². The van der Waals surface area contributed by atoms with Crippen molar-refractivity contribution in [3.8, 4) is 5.75 Å².